The van der Waals surface area contributed by atoms with Crippen molar-refractivity contribution in [3.8, 4) is 5.75 Å². The molecule has 6 heteroatoms. The molecule has 2 N–H and O–H groups in total. The highest BCUT2D eigenvalue weighted by Crippen LogP contribution is 2.27. The van der Waals surface area contributed by atoms with Gasteiger partial charge >= 0.3 is 0 Å². The minimum absolute atomic E-state index is 0.0775. The SMILES string of the molecule is O=C(Nc1c(F)cc(F)cc1Br)c1cccc(O)c1. The van der Waals surface area contributed by atoms with E-state index in [-0.39, 0.29) is 21.5 Å². The summed E-state index contributed by atoms with van der Waals surface area (Å²) in [4.78, 5) is 11.9. The molecule has 0 aliphatic carbocycles. The minimum atomic E-state index is -0.889. The molecule has 2 rings (SSSR count). The summed E-state index contributed by atoms with van der Waals surface area (Å²) in [5.74, 6) is -2.33. The van der Waals surface area contributed by atoms with Gasteiger partial charge in [-0.2, -0.15) is 0 Å². The van der Waals surface area contributed by atoms with Crippen LogP contribution in [-0.2, 0) is 0 Å². The van der Waals surface area contributed by atoms with Crippen molar-refractivity contribution in [3.05, 3.63) is 58.1 Å². The molecule has 19 heavy (non-hydrogen) atoms. The molecular weight excluding hydrogens is 320 g/mol. The van der Waals surface area contributed by atoms with Crippen LogP contribution in [0, 0.1) is 11.6 Å². The molecule has 0 spiro atoms. The number of rotatable bonds is 2. The van der Waals surface area contributed by atoms with E-state index >= 15 is 0 Å². The highest BCUT2D eigenvalue weighted by Gasteiger charge is 2.14. The number of phenolic OH excluding ortho intramolecular Hbond substituents is 1. The summed E-state index contributed by atoms with van der Waals surface area (Å²) >= 11 is 2.97. The number of hydrogen-bond donors (Lipinski definition) is 2. The number of amides is 1. The smallest absolute Gasteiger partial charge is 0.255 e. The third-order valence-electron chi connectivity index (χ3n) is 2.35. The number of halogens is 3. The highest BCUT2D eigenvalue weighted by atomic mass is 79.9. The van der Waals surface area contributed by atoms with Crippen molar-refractivity contribution in [2.24, 2.45) is 0 Å². The summed E-state index contributed by atoms with van der Waals surface area (Å²) < 4.78 is 26.5. The molecule has 0 unspecified atom stereocenters. The van der Waals surface area contributed by atoms with Gasteiger partial charge in [0.1, 0.15) is 11.6 Å². The zero-order chi connectivity index (χ0) is 14.0. The van der Waals surface area contributed by atoms with Crippen LogP contribution in [0.25, 0.3) is 0 Å². The van der Waals surface area contributed by atoms with Crippen LogP contribution in [0.3, 0.4) is 0 Å². The fourth-order valence-corrected chi connectivity index (χ4v) is 2.00. The first kappa shape index (κ1) is 13.5. The Morgan fingerprint density at radius 3 is 2.58 bits per heavy atom. The van der Waals surface area contributed by atoms with Gasteiger partial charge in [0, 0.05) is 16.1 Å². The molecule has 0 bridgehead atoms. The maximum atomic E-state index is 13.5. The molecule has 0 aromatic heterocycles. The van der Waals surface area contributed by atoms with E-state index in [0.717, 1.165) is 6.07 Å². The Hall–Kier alpha value is -1.95. The van der Waals surface area contributed by atoms with E-state index < -0.39 is 17.5 Å². The third kappa shape index (κ3) is 3.08. The molecule has 0 fully saturated rings. The Morgan fingerprint density at radius 2 is 1.95 bits per heavy atom. The Bertz CT molecular complexity index is 623. The molecule has 0 atom stereocenters. The predicted molar refractivity (Wildman–Crippen MR) is 70.1 cm³/mol. The van der Waals surface area contributed by atoms with E-state index in [9.17, 15) is 18.7 Å². The largest absolute Gasteiger partial charge is 0.508 e. The average Bonchev–Trinajstić information content (AvgIpc) is 2.33. The van der Waals surface area contributed by atoms with Gasteiger partial charge in [-0.1, -0.05) is 6.07 Å². The maximum Gasteiger partial charge on any atom is 0.255 e. The molecule has 1 amide bonds. The molecule has 0 radical (unpaired) electrons. The first-order chi connectivity index (χ1) is 8.97. The second kappa shape index (κ2) is 5.36. The van der Waals surface area contributed by atoms with Crippen molar-refractivity contribution in [1.29, 1.82) is 0 Å². The second-order valence-corrected chi connectivity index (χ2v) is 4.60. The van der Waals surface area contributed by atoms with Crippen LogP contribution in [0.1, 0.15) is 10.4 Å². The Morgan fingerprint density at radius 1 is 1.21 bits per heavy atom. The van der Waals surface area contributed by atoms with Crippen molar-refractivity contribution in [3.63, 3.8) is 0 Å². The molecule has 0 aliphatic rings. The number of carbonyl (C=O) groups is 1. The fourth-order valence-electron chi connectivity index (χ4n) is 1.49. The molecule has 0 heterocycles. The lowest BCUT2D eigenvalue weighted by molar-refractivity contribution is 0.102. The summed E-state index contributed by atoms with van der Waals surface area (Å²) in [6, 6.07) is 7.31. The van der Waals surface area contributed by atoms with E-state index in [1.807, 2.05) is 0 Å². The van der Waals surface area contributed by atoms with Gasteiger partial charge in [0.15, 0.2) is 5.82 Å². The van der Waals surface area contributed by atoms with Crippen molar-refractivity contribution in [1.82, 2.24) is 0 Å². The van der Waals surface area contributed by atoms with Crippen LogP contribution >= 0.6 is 15.9 Å². The van der Waals surface area contributed by atoms with Gasteiger partial charge < -0.3 is 10.4 Å². The predicted octanol–water partition coefficient (Wildman–Crippen LogP) is 3.69. The Balaban J connectivity index is 2.29. The number of benzene rings is 2. The number of aromatic hydroxyl groups is 1. The van der Waals surface area contributed by atoms with Crippen molar-refractivity contribution in [2.45, 2.75) is 0 Å². The first-order valence-electron chi connectivity index (χ1n) is 5.22. The number of phenols is 1. The zero-order valence-electron chi connectivity index (χ0n) is 9.45. The average molecular weight is 328 g/mol. The van der Waals surface area contributed by atoms with Gasteiger partial charge in [-0.25, -0.2) is 8.78 Å². The quantitative estimate of drug-likeness (QED) is 0.883. The normalized spacial score (nSPS) is 10.3. The van der Waals surface area contributed by atoms with Gasteiger partial charge in [-0.15, -0.1) is 0 Å². The summed E-state index contributed by atoms with van der Waals surface area (Å²) in [5.41, 5.74) is 0.00497. The van der Waals surface area contributed by atoms with E-state index in [0.29, 0.717) is 6.07 Å². The Kier molecular flexibility index (Phi) is 3.80. The second-order valence-electron chi connectivity index (χ2n) is 3.75. The van der Waals surface area contributed by atoms with Crippen LogP contribution in [0.15, 0.2) is 40.9 Å². The molecule has 98 valence electrons. The van der Waals surface area contributed by atoms with Gasteiger partial charge in [0.05, 0.1) is 5.69 Å². The van der Waals surface area contributed by atoms with E-state index in [4.69, 9.17) is 0 Å². The lowest BCUT2D eigenvalue weighted by Gasteiger charge is -2.09. The molecule has 0 saturated carbocycles. The monoisotopic (exact) mass is 327 g/mol. The zero-order valence-corrected chi connectivity index (χ0v) is 11.0. The lowest BCUT2D eigenvalue weighted by Crippen LogP contribution is -2.13. The molecule has 2 aromatic rings. The lowest BCUT2D eigenvalue weighted by atomic mass is 10.2. The van der Waals surface area contributed by atoms with Gasteiger partial charge in [-0.3, -0.25) is 4.79 Å². The third-order valence-corrected chi connectivity index (χ3v) is 2.98. The van der Waals surface area contributed by atoms with E-state index in [2.05, 4.69) is 21.2 Å². The van der Waals surface area contributed by atoms with E-state index in [1.165, 1.54) is 24.3 Å². The van der Waals surface area contributed by atoms with Gasteiger partial charge in [0.2, 0.25) is 0 Å². The molecule has 2 aromatic carbocycles. The van der Waals surface area contributed by atoms with Crippen LogP contribution in [0.2, 0.25) is 0 Å². The van der Waals surface area contributed by atoms with Crippen molar-refractivity contribution >= 4 is 27.5 Å². The van der Waals surface area contributed by atoms with Crippen molar-refractivity contribution < 1.29 is 18.7 Å². The first-order valence-corrected chi connectivity index (χ1v) is 6.01. The number of anilines is 1. The standard InChI is InChI=1S/C13H8BrF2NO2/c14-10-5-8(15)6-11(16)12(10)17-13(19)7-2-1-3-9(18)4-7/h1-6,18H,(H,17,19). The van der Waals surface area contributed by atoms with Crippen LogP contribution in [0.5, 0.6) is 5.75 Å². The fraction of sp³-hybridized carbons (Fsp3) is 0. The van der Waals surface area contributed by atoms with Crippen LogP contribution < -0.4 is 5.32 Å². The molecular formula is C13H8BrF2NO2. The van der Waals surface area contributed by atoms with E-state index in [1.54, 1.807) is 0 Å². The van der Waals surface area contributed by atoms with Crippen LogP contribution in [0.4, 0.5) is 14.5 Å². The topological polar surface area (TPSA) is 49.3 Å². The summed E-state index contributed by atoms with van der Waals surface area (Å²) in [6.07, 6.45) is 0. The van der Waals surface area contributed by atoms with Gasteiger partial charge in [-0.05, 0) is 40.2 Å². The number of hydrogen-bond acceptors (Lipinski definition) is 2. The highest BCUT2D eigenvalue weighted by molar-refractivity contribution is 9.10. The number of carbonyl (C=O) groups excluding carboxylic acids is 1. The Labute approximate surface area is 116 Å². The number of nitrogens with one attached hydrogen (secondary N) is 1. The molecule has 0 saturated heterocycles. The van der Waals surface area contributed by atoms with Crippen LogP contribution in [-0.4, -0.2) is 11.0 Å². The summed E-state index contributed by atoms with van der Waals surface area (Å²) in [6.45, 7) is 0. The molecule has 3 nitrogen and oxygen atoms in total. The summed E-state index contributed by atoms with van der Waals surface area (Å²) in [7, 11) is 0. The summed E-state index contributed by atoms with van der Waals surface area (Å²) in [5, 5.41) is 11.6. The molecule has 0 aliphatic heterocycles. The van der Waals surface area contributed by atoms with Crippen molar-refractivity contribution in [2.75, 3.05) is 5.32 Å². The minimum Gasteiger partial charge on any atom is -0.508 e. The maximum absolute atomic E-state index is 13.5. The van der Waals surface area contributed by atoms with Gasteiger partial charge in [0.25, 0.3) is 5.91 Å².